The molecule has 0 fully saturated rings. The van der Waals surface area contributed by atoms with Crippen molar-refractivity contribution in [2.45, 2.75) is 19.9 Å². The molecule has 1 heterocycles. The molecule has 1 amide bonds. The van der Waals surface area contributed by atoms with E-state index in [2.05, 4.69) is 33.2 Å². The Kier molecular flexibility index (Phi) is 4.68. The molecule has 0 atom stereocenters. The van der Waals surface area contributed by atoms with Gasteiger partial charge >= 0.3 is 0 Å². The normalized spacial score (nSPS) is 10.2. The van der Waals surface area contributed by atoms with E-state index < -0.39 is 0 Å². The summed E-state index contributed by atoms with van der Waals surface area (Å²) in [7, 11) is 0. The van der Waals surface area contributed by atoms with E-state index in [4.69, 9.17) is 0 Å². The number of nitrogens with zero attached hydrogens (tertiary/aromatic N) is 1. The maximum atomic E-state index is 12.0. The van der Waals surface area contributed by atoms with Crippen LogP contribution in [-0.2, 0) is 13.0 Å². The molecular formula is C15H15BrN2O. The standard InChI is InChI=1S/C15H15BrN2O/c1-2-11-6-4-8-17-14(11)10-18-15(19)12-5-3-7-13(16)9-12/h3-9H,2,10H2,1H3,(H,18,19). The van der Waals surface area contributed by atoms with Gasteiger partial charge in [0, 0.05) is 16.2 Å². The van der Waals surface area contributed by atoms with E-state index in [0.29, 0.717) is 12.1 Å². The minimum Gasteiger partial charge on any atom is -0.346 e. The summed E-state index contributed by atoms with van der Waals surface area (Å²) in [6.45, 7) is 2.53. The average Bonchev–Trinajstić information content (AvgIpc) is 2.45. The Bertz CT molecular complexity index is 584. The van der Waals surface area contributed by atoms with E-state index in [-0.39, 0.29) is 5.91 Å². The van der Waals surface area contributed by atoms with Gasteiger partial charge in [0.15, 0.2) is 0 Å². The van der Waals surface area contributed by atoms with E-state index >= 15 is 0 Å². The molecule has 0 aliphatic carbocycles. The summed E-state index contributed by atoms with van der Waals surface area (Å²) < 4.78 is 0.896. The Balaban J connectivity index is 2.04. The van der Waals surface area contributed by atoms with Crippen molar-refractivity contribution in [1.29, 1.82) is 0 Å². The van der Waals surface area contributed by atoms with Gasteiger partial charge in [-0.15, -0.1) is 0 Å². The molecule has 1 N–H and O–H groups in total. The van der Waals surface area contributed by atoms with Crippen LogP contribution in [0.2, 0.25) is 0 Å². The lowest BCUT2D eigenvalue weighted by Gasteiger charge is -2.08. The number of aromatic nitrogens is 1. The fraction of sp³-hybridized carbons (Fsp3) is 0.200. The number of nitrogens with one attached hydrogen (secondary N) is 1. The van der Waals surface area contributed by atoms with Gasteiger partial charge in [-0.25, -0.2) is 0 Å². The number of carbonyl (C=O) groups is 1. The van der Waals surface area contributed by atoms with Gasteiger partial charge in [-0.05, 0) is 36.2 Å². The Labute approximate surface area is 121 Å². The van der Waals surface area contributed by atoms with Crippen LogP contribution >= 0.6 is 15.9 Å². The van der Waals surface area contributed by atoms with Gasteiger partial charge in [-0.2, -0.15) is 0 Å². The molecule has 98 valence electrons. The number of aryl methyl sites for hydroxylation is 1. The first-order valence-electron chi connectivity index (χ1n) is 6.17. The molecule has 19 heavy (non-hydrogen) atoms. The predicted molar refractivity (Wildman–Crippen MR) is 78.9 cm³/mol. The molecule has 0 radical (unpaired) electrons. The van der Waals surface area contributed by atoms with Crippen LogP contribution in [0, 0.1) is 0 Å². The second kappa shape index (κ2) is 6.48. The first-order valence-corrected chi connectivity index (χ1v) is 6.96. The number of amides is 1. The molecule has 0 saturated heterocycles. The van der Waals surface area contributed by atoms with E-state index in [1.807, 2.05) is 24.3 Å². The summed E-state index contributed by atoms with van der Waals surface area (Å²) in [4.78, 5) is 16.3. The van der Waals surface area contributed by atoms with Gasteiger partial charge in [0.1, 0.15) is 0 Å². The first kappa shape index (κ1) is 13.7. The van der Waals surface area contributed by atoms with Crippen LogP contribution in [-0.4, -0.2) is 10.9 Å². The van der Waals surface area contributed by atoms with Crippen LogP contribution < -0.4 is 5.32 Å². The molecule has 2 rings (SSSR count). The van der Waals surface area contributed by atoms with Gasteiger partial charge in [0.05, 0.1) is 12.2 Å². The maximum Gasteiger partial charge on any atom is 0.251 e. The first-order chi connectivity index (χ1) is 9.20. The molecule has 3 nitrogen and oxygen atoms in total. The van der Waals surface area contributed by atoms with Crippen molar-refractivity contribution in [2.75, 3.05) is 0 Å². The molecule has 0 spiro atoms. The number of benzene rings is 1. The van der Waals surface area contributed by atoms with Gasteiger partial charge in [-0.3, -0.25) is 9.78 Å². The van der Waals surface area contributed by atoms with Crippen LogP contribution in [0.15, 0.2) is 47.1 Å². The highest BCUT2D eigenvalue weighted by Crippen LogP contribution is 2.12. The second-order valence-corrected chi connectivity index (χ2v) is 5.07. The molecule has 0 bridgehead atoms. The van der Waals surface area contributed by atoms with Crippen LogP contribution in [0.4, 0.5) is 0 Å². The number of pyridine rings is 1. The highest BCUT2D eigenvalue weighted by Gasteiger charge is 2.07. The summed E-state index contributed by atoms with van der Waals surface area (Å²) in [5.74, 6) is -0.0889. The third-order valence-corrected chi connectivity index (χ3v) is 3.36. The molecule has 1 aromatic heterocycles. The molecule has 0 saturated carbocycles. The van der Waals surface area contributed by atoms with Crippen LogP contribution in [0.5, 0.6) is 0 Å². The van der Waals surface area contributed by atoms with E-state index in [0.717, 1.165) is 22.2 Å². The summed E-state index contributed by atoms with van der Waals surface area (Å²) in [6, 6.07) is 11.3. The summed E-state index contributed by atoms with van der Waals surface area (Å²) in [6.07, 6.45) is 2.66. The lowest BCUT2D eigenvalue weighted by molar-refractivity contribution is 0.0950. The Morgan fingerprint density at radius 2 is 2.16 bits per heavy atom. The molecule has 2 aromatic rings. The quantitative estimate of drug-likeness (QED) is 0.939. The van der Waals surface area contributed by atoms with Crippen LogP contribution in [0.1, 0.15) is 28.5 Å². The van der Waals surface area contributed by atoms with Crippen LogP contribution in [0.25, 0.3) is 0 Å². The number of carbonyl (C=O) groups excluding carboxylic acids is 1. The van der Waals surface area contributed by atoms with Crippen molar-refractivity contribution in [3.05, 3.63) is 63.9 Å². The Morgan fingerprint density at radius 1 is 1.32 bits per heavy atom. The Hall–Kier alpha value is -1.68. The fourth-order valence-corrected chi connectivity index (χ4v) is 2.25. The number of hydrogen-bond acceptors (Lipinski definition) is 2. The van der Waals surface area contributed by atoms with Crippen molar-refractivity contribution < 1.29 is 4.79 Å². The molecular weight excluding hydrogens is 304 g/mol. The van der Waals surface area contributed by atoms with Gasteiger partial charge in [0.2, 0.25) is 0 Å². The largest absolute Gasteiger partial charge is 0.346 e. The number of rotatable bonds is 4. The van der Waals surface area contributed by atoms with Crippen LogP contribution in [0.3, 0.4) is 0 Å². The molecule has 0 aliphatic rings. The van der Waals surface area contributed by atoms with Crippen molar-refractivity contribution >= 4 is 21.8 Å². The topological polar surface area (TPSA) is 42.0 Å². The second-order valence-electron chi connectivity index (χ2n) is 4.16. The van der Waals surface area contributed by atoms with Gasteiger partial charge < -0.3 is 5.32 Å². The zero-order valence-electron chi connectivity index (χ0n) is 10.7. The molecule has 4 heteroatoms. The zero-order valence-corrected chi connectivity index (χ0v) is 12.3. The molecule has 1 aromatic carbocycles. The lowest BCUT2D eigenvalue weighted by atomic mass is 10.1. The van der Waals surface area contributed by atoms with E-state index in [1.54, 1.807) is 18.3 Å². The third-order valence-electron chi connectivity index (χ3n) is 2.87. The number of halogens is 1. The SMILES string of the molecule is CCc1cccnc1CNC(=O)c1cccc(Br)c1. The van der Waals surface area contributed by atoms with E-state index in [1.165, 1.54) is 0 Å². The molecule has 0 unspecified atom stereocenters. The average molecular weight is 319 g/mol. The van der Waals surface area contributed by atoms with E-state index in [9.17, 15) is 4.79 Å². The van der Waals surface area contributed by atoms with Gasteiger partial charge in [-0.1, -0.05) is 35.0 Å². The van der Waals surface area contributed by atoms with Crippen molar-refractivity contribution in [1.82, 2.24) is 10.3 Å². The minimum absolute atomic E-state index is 0.0889. The fourth-order valence-electron chi connectivity index (χ4n) is 1.85. The predicted octanol–water partition coefficient (Wildman–Crippen LogP) is 3.34. The summed E-state index contributed by atoms with van der Waals surface area (Å²) >= 11 is 3.36. The number of hydrogen-bond donors (Lipinski definition) is 1. The maximum absolute atomic E-state index is 12.0. The minimum atomic E-state index is -0.0889. The molecule has 0 aliphatic heterocycles. The monoisotopic (exact) mass is 318 g/mol. The smallest absolute Gasteiger partial charge is 0.251 e. The summed E-state index contributed by atoms with van der Waals surface area (Å²) in [5.41, 5.74) is 2.73. The van der Waals surface area contributed by atoms with Gasteiger partial charge in [0.25, 0.3) is 5.91 Å². The van der Waals surface area contributed by atoms with Crippen molar-refractivity contribution in [3.8, 4) is 0 Å². The zero-order chi connectivity index (χ0) is 13.7. The Morgan fingerprint density at radius 3 is 2.89 bits per heavy atom. The highest BCUT2D eigenvalue weighted by molar-refractivity contribution is 9.10. The summed E-state index contributed by atoms with van der Waals surface area (Å²) in [5, 5.41) is 2.89. The van der Waals surface area contributed by atoms with Crippen molar-refractivity contribution in [2.24, 2.45) is 0 Å². The highest BCUT2D eigenvalue weighted by atomic mass is 79.9. The third kappa shape index (κ3) is 3.64. The lowest BCUT2D eigenvalue weighted by Crippen LogP contribution is -2.23. The van der Waals surface area contributed by atoms with Crippen molar-refractivity contribution in [3.63, 3.8) is 0 Å².